The lowest BCUT2D eigenvalue weighted by atomic mass is 10.2. The predicted octanol–water partition coefficient (Wildman–Crippen LogP) is 1.91. The summed E-state index contributed by atoms with van der Waals surface area (Å²) in [4.78, 5) is 12.4. The van der Waals surface area contributed by atoms with E-state index >= 15 is 0 Å². The molecule has 0 aliphatic carbocycles. The van der Waals surface area contributed by atoms with Crippen LogP contribution in [0.25, 0.3) is 16.9 Å². The summed E-state index contributed by atoms with van der Waals surface area (Å²) in [6.07, 6.45) is 8.81. The van der Waals surface area contributed by atoms with E-state index in [4.69, 9.17) is 5.73 Å². The van der Waals surface area contributed by atoms with Gasteiger partial charge in [-0.25, -0.2) is 9.97 Å². The monoisotopic (exact) mass is 237 g/mol. The molecule has 88 valence electrons. The van der Waals surface area contributed by atoms with Crippen molar-refractivity contribution in [3.8, 4) is 16.9 Å². The average molecular weight is 237 g/mol. The van der Waals surface area contributed by atoms with Crippen LogP contribution in [0.5, 0.6) is 0 Å². The quantitative estimate of drug-likeness (QED) is 0.739. The Bertz CT molecular complexity index is 643. The first-order valence-electron chi connectivity index (χ1n) is 5.49. The third kappa shape index (κ3) is 1.82. The molecule has 3 aromatic heterocycles. The van der Waals surface area contributed by atoms with Crippen LogP contribution >= 0.6 is 0 Å². The van der Waals surface area contributed by atoms with E-state index in [-0.39, 0.29) is 0 Å². The first-order valence-corrected chi connectivity index (χ1v) is 5.49. The highest BCUT2D eigenvalue weighted by Crippen LogP contribution is 2.21. The van der Waals surface area contributed by atoms with E-state index in [1.165, 1.54) is 0 Å². The van der Waals surface area contributed by atoms with Gasteiger partial charge in [0.15, 0.2) is 0 Å². The van der Waals surface area contributed by atoms with Crippen LogP contribution < -0.4 is 5.73 Å². The molecule has 0 aromatic carbocycles. The van der Waals surface area contributed by atoms with Gasteiger partial charge in [-0.1, -0.05) is 0 Å². The van der Waals surface area contributed by atoms with Gasteiger partial charge in [0.25, 0.3) is 0 Å². The second-order valence-corrected chi connectivity index (χ2v) is 3.83. The van der Waals surface area contributed by atoms with Crippen LogP contribution in [-0.2, 0) is 0 Å². The van der Waals surface area contributed by atoms with Crippen LogP contribution in [0.1, 0.15) is 0 Å². The number of nitrogens with zero attached hydrogens (tertiary/aromatic N) is 4. The Morgan fingerprint density at radius 2 is 1.94 bits per heavy atom. The zero-order chi connectivity index (χ0) is 12.4. The van der Waals surface area contributed by atoms with E-state index < -0.39 is 0 Å². The number of hydrogen-bond donors (Lipinski definition) is 1. The highest BCUT2D eigenvalue weighted by Gasteiger charge is 2.07. The fraction of sp³-hybridized carbons (Fsp3) is 0. The molecule has 0 aliphatic heterocycles. The maximum Gasteiger partial charge on any atom is 0.123 e. The molecule has 3 aromatic rings. The van der Waals surface area contributed by atoms with Crippen molar-refractivity contribution in [2.45, 2.75) is 0 Å². The summed E-state index contributed by atoms with van der Waals surface area (Å²) in [7, 11) is 0. The van der Waals surface area contributed by atoms with Gasteiger partial charge < -0.3 is 5.73 Å². The molecule has 18 heavy (non-hydrogen) atoms. The van der Waals surface area contributed by atoms with Gasteiger partial charge in [0, 0.05) is 18.0 Å². The zero-order valence-electron chi connectivity index (χ0n) is 9.56. The van der Waals surface area contributed by atoms with Crippen molar-refractivity contribution in [3.63, 3.8) is 0 Å². The SMILES string of the molecule is Nc1ccc(-c2cncn2-c2cccnc2)cn1. The summed E-state index contributed by atoms with van der Waals surface area (Å²) < 4.78 is 1.96. The molecule has 0 saturated heterocycles. The Labute approximate surface area is 104 Å². The van der Waals surface area contributed by atoms with E-state index in [0.29, 0.717) is 5.82 Å². The maximum atomic E-state index is 5.59. The van der Waals surface area contributed by atoms with E-state index in [2.05, 4.69) is 15.0 Å². The lowest BCUT2D eigenvalue weighted by molar-refractivity contribution is 1.04. The molecule has 0 radical (unpaired) electrons. The molecule has 0 saturated carbocycles. The predicted molar refractivity (Wildman–Crippen MR) is 69.0 cm³/mol. The maximum absolute atomic E-state index is 5.59. The first kappa shape index (κ1) is 10.5. The van der Waals surface area contributed by atoms with E-state index in [1.807, 2.05) is 22.8 Å². The lowest BCUT2D eigenvalue weighted by Crippen LogP contribution is -1.96. The largest absolute Gasteiger partial charge is 0.384 e. The minimum absolute atomic E-state index is 0.506. The molecule has 5 heteroatoms. The molecule has 5 nitrogen and oxygen atoms in total. The first-order chi connectivity index (χ1) is 8.84. The van der Waals surface area contributed by atoms with Crippen LogP contribution in [-0.4, -0.2) is 19.5 Å². The molecule has 0 amide bonds. The summed E-state index contributed by atoms with van der Waals surface area (Å²) in [6, 6.07) is 7.56. The van der Waals surface area contributed by atoms with Crippen molar-refractivity contribution in [2.24, 2.45) is 0 Å². The summed E-state index contributed by atoms with van der Waals surface area (Å²) in [6.45, 7) is 0. The molecule has 0 spiro atoms. The summed E-state index contributed by atoms with van der Waals surface area (Å²) >= 11 is 0. The minimum Gasteiger partial charge on any atom is -0.384 e. The zero-order valence-corrected chi connectivity index (χ0v) is 9.56. The Kier molecular flexibility index (Phi) is 2.49. The van der Waals surface area contributed by atoms with E-state index in [0.717, 1.165) is 16.9 Å². The average Bonchev–Trinajstić information content (AvgIpc) is 2.90. The lowest BCUT2D eigenvalue weighted by Gasteiger charge is -2.07. The van der Waals surface area contributed by atoms with Crippen molar-refractivity contribution < 1.29 is 0 Å². The van der Waals surface area contributed by atoms with E-state index in [1.54, 1.807) is 37.2 Å². The smallest absolute Gasteiger partial charge is 0.123 e. The van der Waals surface area contributed by atoms with Crippen LogP contribution in [0.15, 0.2) is 55.4 Å². The third-order valence-electron chi connectivity index (χ3n) is 2.64. The number of nitrogen functional groups attached to an aromatic ring is 1. The normalized spacial score (nSPS) is 10.4. The number of aromatic nitrogens is 4. The molecule has 0 unspecified atom stereocenters. The standard InChI is InChI=1S/C13H11N5/c14-13-4-3-10(6-17-13)12-8-16-9-18(12)11-2-1-5-15-7-11/h1-9H,(H2,14,17). The molecule has 3 heterocycles. The minimum atomic E-state index is 0.506. The summed E-state index contributed by atoms with van der Waals surface area (Å²) in [5, 5.41) is 0. The van der Waals surface area contributed by atoms with Gasteiger partial charge in [0.05, 0.1) is 30.1 Å². The van der Waals surface area contributed by atoms with Crippen molar-refractivity contribution in [3.05, 3.63) is 55.4 Å². The fourth-order valence-corrected chi connectivity index (χ4v) is 1.77. The van der Waals surface area contributed by atoms with Crippen LogP contribution in [0.2, 0.25) is 0 Å². The molecule has 0 bridgehead atoms. The number of imidazole rings is 1. The fourth-order valence-electron chi connectivity index (χ4n) is 1.77. The van der Waals surface area contributed by atoms with Gasteiger partial charge in [-0.05, 0) is 24.3 Å². The topological polar surface area (TPSA) is 69.6 Å². The highest BCUT2D eigenvalue weighted by atomic mass is 15.1. The second kappa shape index (κ2) is 4.29. The molecule has 2 N–H and O–H groups in total. The van der Waals surface area contributed by atoms with Gasteiger partial charge in [-0.15, -0.1) is 0 Å². The number of nitrogens with two attached hydrogens (primary N) is 1. The van der Waals surface area contributed by atoms with Gasteiger partial charge in [-0.3, -0.25) is 9.55 Å². The third-order valence-corrected chi connectivity index (χ3v) is 2.64. The Morgan fingerprint density at radius 3 is 2.67 bits per heavy atom. The van der Waals surface area contributed by atoms with Crippen molar-refractivity contribution >= 4 is 5.82 Å². The van der Waals surface area contributed by atoms with Crippen molar-refractivity contribution in [2.75, 3.05) is 5.73 Å². The van der Waals surface area contributed by atoms with Crippen molar-refractivity contribution in [1.82, 2.24) is 19.5 Å². The van der Waals surface area contributed by atoms with Gasteiger partial charge in [0.1, 0.15) is 5.82 Å². The molecule has 3 rings (SSSR count). The van der Waals surface area contributed by atoms with Crippen LogP contribution in [0, 0.1) is 0 Å². The van der Waals surface area contributed by atoms with E-state index in [9.17, 15) is 0 Å². The number of anilines is 1. The Hall–Kier alpha value is -2.69. The summed E-state index contributed by atoms with van der Waals surface area (Å²) in [5.41, 5.74) is 8.46. The van der Waals surface area contributed by atoms with Gasteiger partial charge in [0.2, 0.25) is 0 Å². The molecule has 0 aliphatic rings. The Morgan fingerprint density at radius 1 is 1.00 bits per heavy atom. The van der Waals surface area contributed by atoms with Crippen molar-refractivity contribution in [1.29, 1.82) is 0 Å². The molecular weight excluding hydrogens is 226 g/mol. The Balaban J connectivity index is 2.10. The number of rotatable bonds is 2. The number of pyridine rings is 2. The second-order valence-electron chi connectivity index (χ2n) is 3.83. The summed E-state index contributed by atoms with van der Waals surface area (Å²) in [5.74, 6) is 0.506. The molecule has 0 fully saturated rings. The highest BCUT2D eigenvalue weighted by molar-refractivity contribution is 5.61. The van der Waals surface area contributed by atoms with Gasteiger partial charge >= 0.3 is 0 Å². The number of hydrogen-bond acceptors (Lipinski definition) is 4. The molecule has 0 atom stereocenters. The van der Waals surface area contributed by atoms with Gasteiger partial charge in [-0.2, -0.15) is 0 Å². The van der Waals surface area contributed by atoms with Crippen LogP contribution in [0.4, 0.5) is 5.82 Å². The molecular formula is C13H11N5. The van der Waals surface area contributed by atoms with Crippen LogP contribution in [0.3, 0.4) is 0 Å².